The van der Waals surface area contributed by atoms with Crippen molar-refractivity contribution in [1.29, 1.82) is 0 Å². The first kappa shape index (κ1) is 12.7. The standard InChI is InChI=1S/C13H16Cl2N2/c1-4-8(2)17-12-10(15)6-5-7-11(12)16-13(17)9(3)14/h5-9H,4H2,1-3H3. The summed E-state index contributed by atoms with van der Waals surface area (Å²) in [7, 11) is 0. The van der Waals surface area contributed by atoms with E-state index in [0.717, 1.165) is 28.3 Å². The summed E-state index contributed by atoms with van der Waals surface area (Å²) in [6.45, 7) is 6.25. The highest BCUT2D eigenvalue weighted by molar-refractivity contribution is 6.35. The van der Waals surface area contributed by atoms with E-state index in [9.17, 15) is 0 Å². The molecule has 17 heavy (non-hydrogen) atoms. The van der Waals surface area contributed by atoms with Crippen molar-refractivity contribution in [3.8, 4) is 0 Å². The number of para-hydroxylation sites is 1. The normalized spacial score (nSPS) is 15.1. The number of benzene rings is 1. The average molecular weight is 271 g/mol. The second-order valence-electron chi connectivity index (χ2n) is 4.32. The number of hydrogen-bond donors (Lipinski definition) is 0. The Hall–Kier alpha value is -0.730. The van der Waals surface area contributed by atoms with E-state index in [1.165, 1.54) is 0 Å². The third-order valence-electron chi connectivity index (χ3n) is 3.08. The molecule has 0 saturated carbocycles. The van der Waals surface area contributed by atoms with E-state index < -0.39 is 0 Å². The summed E-state index contributed by atoms with van der Waals surface area (Å²) < 4.78 is 2.16. The Morgan fingerprint density at radius 2 is 2.06 bits per heavy atom. The van der Waals surface area contributed by atoms with Gasteiger partial charge in [0.15, 0.2) is 0 Å². The van der Waals surface area contributed by atoms with E-state index in [-0.39, 0.29) is 5.38 Å². The minimum atomic E-state index is -0.118. The monoisotopic (exact) mass is 270 g/mol. The molecule has 0 spiro atoms. The summed E-state index contributed by atoms with van der Waals surface area (Å²) in [6.07, 6.45) is 1.02. The molecule has 0 aliphatic carbocycles. The summed E-state index contributed by atoms with van der Waals surface area (Å²) in [6, 6.07) is 6.13. The van der Waals surface area contributed by atoms with Crippen LogP contribution in [0.3, 0.4) is 0 Å². The van der Waals surface area contributed by atoms with Crippen LogP contribution in [-0.4, -0.2) is 9.55 Å². The van der Waals surface area contributed by atoms with E-state index in [1.807, 2.05) is 25.1 Å². The maximum Gasteiger partial charge on any atom is 0.128 e. The lowest BCUT2D eigenvalue weighted by Gasteiger charge is -2.17. The highest BCUT2D eigenvalue weighted by Gasteiger charge is 2.19. The van der Waals surface area contributed by atoms with Crippen LogP contribution in [-0.2, 0) is 0 Å². The van der Waals surface area contributed by atoms with Crippen molar-refractivity contribution in [3.63, 3.8) is 0 Å². The Morgan fingerprint density at radius 3 is 2.65 bits per heavy atom. The van der Waals surface area contributed by atoms with E-state index in [0.29, 0.717) is 6.04 Å². The molecule has 92 valence electrons. The van der Waals surface area contributed by atoms with Crippen LogP contribution in [0, 0.1) is 0 Å². The van der Waals surface area contributed by atoms with E-state index in [4.69, 9.17) is 23.2 Å². The Balaban J connectivity index is 2.78. The summed E-state index contributed by atoms with van der Waals surface area (Å²) >= 11 is 12.5. The number of halogens is 2. The first-order valence-corrected chi connectivity index (χ1v) is 6.68. The number of hydrogen-bond acceptors (Lipinski definition) is 1. The summed E-state index contributed by atoms with van der Waals surface area (Å²) in [5.41, 5.74) is 1.91. The molecular formula is C13H16Cl2N2. The molecule has 0 saturated heterocycles. The molecule has 1 aromatic heterocycles. The van der Waals surface area contributed by atoms with Gasteiger partial charge < -0.3 is 4.57 Å². The van der Waals surface area contributed by atoms with Gasteiger partial charge in [-0.05, 0) is 32.4 Å². The molecule has 0 amide bonds. The van der Waals surface area contributed by atoms with Crippen LogP contribution in [0.2, 0.25) is 5.02 Å². The van der Waals surface area contributed by atoms with Gasteiger partial charge in [-0.1, -0.05) is 24.6 Å². The van der Waals surface area contributed by atoms with Crippen LogP contribution < -0.4 is 0 Å². The molecule has 4 heteroatoms. The lowest BCUT2D eigenvalue weighted by Crippen LogP contribution is -2.09. The molecule has 2 rings (SSSR count). The predicted molar refractivity (Wildman–Crippen MR) is 74.0 cm³/mol. The largest absolute Gasteiger partial charge is 0.323 e. The zero-order chi connectivity index (χ0) is 12.6. The van der Waals surface area contributed by atoms with E-state index in [1.54, 1.807) is 0 Å². The minimum Gasteiger partial charge on any atom is -0.323 e. The molecule has 2 unspecified atom stereocenters. The highest BCUT2D eigenvalue weighted by Crippen LogP contribution is 2.32. The topological polar surface area (TPSA) is 17.8 Å². The number of nitrogens with zero attached hydrogens (tertiary/aromatic N) is 2. The third kappa shape index (κ3) is 2.16. The molecule has 0 aliphatic heterocycles. The van der Waals surface area contributed by atoms with Gasteiger partial charge in [-0.25, -0.2) is 4.98 Å². The van der Waals surface area contributed by atoms with E-state index >= 15 is 0 Å². The van der Waals surface area contributed by atoms with Gasteiger partial charge in [0.05, 0.1) is 21.4 Å². The van der Waals surface area contributed by atoms with Gasteiger partial charge in [0, 0.05) is 6.04 Å². The Morgan fingerprint density at radius 1 is 1.35 bits per heavy atom. The van der Waals surface area contributed by atoms with Gasteiger partial charge in [-0.2, -0.15) is 0 Å². The lowest BCUT2D eigenvalue weighted by molar-refractivity contribution is 0.522. The highest BCUT2D eigenvalue weighted by atomic mass is 35.5. The van der Waals surface area contributed by atoms with Crippen molar-refractivity contribution in [3.05, 3.63) is 29.0 Å². The number of rotatable bonds is 3. The van der Waals surface area contributed by atoms with Crippen molar-refractivity contribution in [2.45, 2.75) is 38.6 Å². The molecule has 0 N–H and O–H groups in total. The Bertz CT molecular complexity index is 531. The van der Waals surface area contributed by atoms with Crippen LogP contribution in [0.4, 0.5) is 0 Å². The van der Waals surface area contributed by atoms with Gasteiger partial charge >= 0.3 is 0 Å². The molecule has 2 atom stereocenters. The Kier molecular flexibility index (Phi) is 3.64. The summed E-state index contributed by atoms with van der Waals surface area (Å²) in [4.78, 5) is 4.59. The number of fused-ring (bicyclic) bond motifs is 1. The molecule has 0 fully saturated rings. The molecule has 0 bridgehead atoms. The third-order valence-corrected chi connectivity index (χ3v) is 3.58. The fourth-order valence-corrected chi connectivity index (χ4v) is 2.45. The molecule has 2 aromatic rings. The molecule has 0 aliphatic rings. The minimum absolute atomic E-state index is 0.118. The number of aromatic nitrogens is 2. The van der Waals surface area contributed by atoms with Crippen molar-refractivity contribution >= 4 is 34.2 Å². The lowest BCUT2D eigenvalue weighted by atomic mass is 10.2. The molecule has 1 aromatic carbocycles. The van der Waals surface area contributed by atoms with Crippen LogP contribution in [0.15, 0.2) is 18.2 Å². The van der Waals surface area contributed by atoms with Gasteiger partial charge in [0.1, 0.15) is 5.82 Å². The van der Waals surface area contributed by atoms with E-state index in [2.05, 4.69) is 23.4 Å². The maximum atomic E-state index is 6.28. The molecule has 1 heterocycles. The predicted octanol–water partition coefficient (Wildman–Crippen LogP) is 4.96. The average Bonchev–Trinajstić information content (AvgIpc) is 2.69. The number of imidazole rings is 1. The van der Waals surface area contributed by atoms with Crippen LogP contribution in [0.25, 0.3) is 11.0 Å². The fraction of sp³-hybridized carbons (Fsp3) is 0.462. The van der Waals surface area contributed by atoms with Crippen molar-refractivity contribution in [2.75, 3.05) is 0 Å². The van der Waals surface area contributed by atoms with Gasteiger partial charge in [-0.15, -0.1) is 11.6 Å². The summed E-state index contributed by atoms with van der Waals surface area (Å²) in [5, 5.41) is 0.617. The molecule has 0 radical (unpaired) electrons. The van der Waals surface area contributed by atoms with Gasteiger partial charge in [-0.3, -0.25) is 0 Å². The van der Waals surface area contributed by atoms with Crippen molar-refractivity contribution < 1.29 is 0 Å². The number of alkyl halides is 1. The van der Waals surface area contributed by atoms with Crippen LogP contribution in [0.1, 0.15) is 44.4 Å². The first-order valence-electron chi connectivity index (χ1n) is 5.86. The smallest absolute Gasteiger partial charge is 0.128 e. The van der Waals surface area contributed by atoms with Crippen LogP contribution in [0.5, 0.6) is 0 Å². The fourth-order valence-electron chi connectivity index (χ4n) is 2.03. The van der Waals surface area contributed by atoms with Gasteiger partial charge in [0.2, 0.25) is 0 Å². The zero-order valence-corrected chi connectivity index (χ0v) is 11.8. The summed E-state index contributed by atoms with van der Waals surface area (Å²) in [5.74, 6) is 0.893. The van der Waals surface area contributed by atoms with Crippen LogP contribution >= 0.6 is 23.2 Å². The first-order chi connectivity index (χ1) is 8.06. The maximum absolute atomic E-state index is 6.28. The zero-order valence-electron chi connectivity index (χ0n) is 10.2. The Labute approximate surface area is 112 Å². The quantitative estimate of drug-likeness (QED) is 0.721. The molecular weight excluding hydrogens is 255 g/mol. The SMILES string of the molecule is CCC(C)n1c(C(C)Cl)nc2cccc(Cl)c21. The molecule has 2 nitrogen and oxygen atoms in total. The second-order valence-corrected chi connectivity index (χ2v) is 5.38. The second kappa shape index (κ2) is 4.87. The van der Waals surface area contributed by atoms with Crippen molar-refractivity contribution in [1.82, 2.24) is 9.55 Å². The van der Waals surface area contributed by atoms with Gasteiger partial charge in [0.25, 0.3) is 0 Å². The van der Waals surface area contributed by atoms with Crippen molar-refractivity contribution in [2.24, 2.45) is 0 Å².